The first-order valence-electron chi connectivity index (χ1n) is 10.9. The number of amides is 1. The molecule has 4 heteroatoms. The van der Waals surface area contributed by atoms with Crippen LogP contribution in [0.5, 0.6) is 0 Å². The van der Waals surface area contributed by atoms with E-state index >= 15 is 0 Å². The van der Waals surface area contributed by atoms with Crippen LogP contribution < -0.4 is 10.6 Å². The van der Waals surface area contributed by atoms with Crippen molar-refractivity contribution in [2.45, 2.75) is 44.6 Å². The van der Waals surface area contributed by atoms with Crippen LogP contribution in [-0.2, 0) is 4.79 Å². The third-order valence-electron chi connectivity index (χ3n) is 7.37. The molecule has 1 amide bonds. The van der Waals surface area contributed by atoms with Gasteiger partial charge in [0.05, 0.1) is 6.26 Å². The average Bonchev–Trinajstić information content (AvgIpc) is 3.21. The van der Waals surface area contributed by atoms with Crippen molar-refractivity contribution in [1.29, 1.82) is 0 Å². The highest BCUT2D eigenvalue weighted by Gasteiger charge is 2.50. The number of furan rings is 1. The summed E-state index contributed by atoms with van der Waals surface area (Å²) in [6, 6.07) is 14.2. The van der Waals surface area contributed by atoms with Crippen molar-refractivity contribution in [2.75, 3.05) is 13.1 Å². The summed E-state index contributed by atoms with van der Waals surface area (Å²) in [5, 5.41) is 5.38. The predicted octanol–water partition coefficient (Wildman–Crippen LogP) is 3.27. The predicted molar refractivity (Wildman–Crippen MR) is 107 cm³/mol. The molecule has 1 aromatic heterocycles. The van der Waals surface area contributed by atoms with Gasteiger partial charge in [-0.1, -0.05) is 30.3 Å². The summed E-state index contributed by atoms with van der Waals surface area (Å²) in [6.45, 7) is 1.30. The number of nitrogens with one attached hydrogen (secondary N) is 1. The lowest BCUT2D eigenvalue weighted by atomic mass is 9.49. The Morgan fingerprint density at radius 1 is 1.04 bits per heavy atom. The zero-order valence-electron chi connectivity index (χ0n) is 16.5. The maximum absolute atomic E-state index is 12.7. The molecule has 4 aliphatic carbocycles. The molecule has 0 aliphatic heterocycles. The lowest BCUT2D eigenvalue weighted by Gasteiger charge is -2.56. The van der Waals surface area contributed by atoms with Gasteiger partial charge in [0, 0.05) is 12.1 Å². The van der Waals surface area contributed by atoms with Gasteiger partial charge in [0.25, 0.3) is 5.91 Å². The number of carbonyl (C=O) groups is 1. The molecule has 4 nitrogen and oxygen atoms in total. The number of rotatable bonds is 7. The first kappa shape index (κ1) is 18.0. The van der Waals surface area contributed by atoms with Crippen LogP contribution in [0.3, 0.4) is 0 Å². The number of hydrogen-bond acceptors (Lipinski definition) is 2. The Bertz CT molecular complexity index is 764. The van der Waals surface area contributed by atoms with Crippen LogP contribution in [0.2, 0.25) is 0 Å². The molecule has 1 atom stereocenters. The summed E-state index contributed by atoms with van der Waals surface area (Å²) in [7, 11) is 0. The van der Waals surface area contributed by atoms with Crippen LogP contribution in [0.1, 0.15) is 55.9 Å². The lowest BCUT2D eigenvalue weighted by Crippen LogP contribution is -2.87. The summed E-state index contributed by atoms with van der Waals surface area (Å²) in [5.41, 5.74) is 1.55. The largest absolute Gasteiger partial charge is 0.463 e. The average molecular weight is 380 g/mol. The number of hydrogen-bond donors (Lipinski definition) is 2. The van der Waals surface area contributed by atoms with E-state index in [-0.39, 0.29) is 11.9 Å². The second-order valence-corrected chi connectivity index (χ2v) is 9.54. The van der Waals surface area contributed by atoms with E-state index < -0.39 is 0 Å². The van der Waals surface area contributed by atoms with Crippen molar-refractivity contribution in [1.82, 2.24) is 5.32 Å². The Hall–Kier alpha value is -2.07. The van der Waals surface area contributed by atoms with E-state index in [1.807, 2.05) is 30.3 Å². The normalized spacial score (nSPS) is 31.6. The van der Waals surface area contributed by atoms with Gasteiger partial charge in [-0.25, -0.2) is 0 Å². The fourth-order valence-corrected chi connectivity index (χ4v) is 6.63. The molecule has 28 heavy (non-hydrogen) atoms. The van der Waals surface area contributed by atoms with E-state index in [1.165, 1.54) is 38.5 Å². The van der Waals surface area contributed by atoms with E-state index in [9.17, 15) is 4.79 Å². The minimum absolute atomic E-state index is 0.0153. The summed E-state index contributed by atoms with van der Waals surface area (Å²) in [4.78, 5) is 12.7. The van der Waals surface area contributed by atoms with Gasteiger partial charge in [-0.15, -0.1) is 0 Å². The topological polar surface area (TPSA) is 58.9 Å². The lowest BCUT2D eigenvalue weighted by molar-refractivity contribution is -0.678. The van der Waals surface area contributed by atoms with Gasteiger partial charge in [0.1, 0.15) is 0 Å². The van der Waals surface area contributed by atoms with Gasteiger partial charge >= 0.3 is 0 Å². The van der Waals surface area contributed by atoms with Crippen molar-refractivity contribution in [3.05, 3.63) is 60.1 Å². The Morgan fingerprint density at radius 3 is 2.32 bits per heavy atom. The van der Waals surface area contributed by atoms with Crippen LogP contribution in [0.4, 0.5) is 0 Å². The number of carbonyl (C=O) groups excluding carboxylic acids is 1. The third-order valence-corrected chi connectivity index (χ3v) is 7.37. The second kappa shape index (κ2) is 7.40. The van der Waals surface area contributed by atoms with Gasteiger partial charge in [0.2, 0.25) is 0 Å². The molecule has 4 aliphatic rings. The highest BCUT2D eigenvalue weighted by Crippen LogP contribution is 2.59. The molecule has 4 fully saturated rings. The molecule has 1 aromatic carbocycles. The van der Waals surface area contributed by atoms with Crippen LogP contribution >= 0.6 is 0 Å². The molecule has 3 N–H and O–H groups in total. The van der Waals surface area contributed by atoms with Crippen LogP contribution in [-0.4, -0.2) is 19.0 Å². The maximum Gasteiger partial charge on any atom is 0.275 e. The Morgan fingerprint density at radius 2 is 1.71 bits per heavy atom. The standard InChI is InChI=1S/C24H30N2O2/c27-22(26-16-24-12-17-9-18(13-24)11-19(10-17)14-24)15-25-23(21-7-4-8-28-21)20-5-2-1-3-6-20/h1-8,17-19,23,25H,9-16H2,(H,26,27)/p+1/t17?,18?,19?,23-,24?/m1/s1. The van der Waals surface area contributed by atoms with Crippen LogP contribution in [0, 0.1) is 23.2 Å². The first-order valence-corrected chi connectivity index (χ1v) is 10.9. The van der Waals surface area contributed by atoms with Crippen molar-refractivity contribution < 1.29 is 14.5 Å². The van der Waals surface area contributed by atoms with Crippen LogP contribution in [0.15, 0.2) is 53.1 Å². The fourth-order valence-electron chi connectivity index (χ4n) is 6.63. The molecular weight excluding hydrogens is 348 g/mol. The van der Waals surface area contributed by atoms with E-state index in [0.29, 0.717) is 12.0 Å². The summed E-state index contributed by atoms with van der Waals surface area (Å²) in [5.74, 6) is 3.81. The molecule has 0 radical (unpaired) electrons. The minimum atomic E-state index is 0.0153. The maximum atomic E-state index is 12.7. The van der Waals surface area contributed by atoms with Crippen LogP contribution in [0.25, 0.3) is 0 Å². The molecule has 0 spiro atoms. The molecule has 0 unspecified atom stereocenters. The van der Waals surface area contributed by atoms with E-state index in [4.69, 9.17) is 4.42 Å². The van der Waals surface area contributed by atoms with Crippen molar-refractivity contribution in [3.8, 4) is 0 Å². The van der Waals surface area contributed by atoms with Gasteiger partial charge in [-0.2, -0.15) is 0 Å². The van der Waals surface area contributed by atoms with Crippen molar-refractivity contribution >= 4 is 5.91 Å². The molecule has 1 heterocycles. The van der Waals surface area contributed by atoms with Crippen molar-refractivity contribution in [3.63, 3.8) is 0 Å². The van der Waals surface area contributed by atoms with Gasteiger partial charge in [-0.3, -0.25) is 4.79 Å². The quantitative estimate of drug-likeness (QED) is 0.776. The molecule has 2 aromatic rings. The number of benzene rings is 1. The van der Waals surface area contributed by atoms with E-state index in [2.05, 4.69) is 22.8 Å². The molecular formula is C24H31N2O2+. The number of quaternary nitrogens is 1. The van der Waals surface area contributed by atoms with Gasteiger partial charge in [-0.05, 0) is 73.8 Å². The van der Waals surface area contributed by atoms with Gasteiger partial charge in [0.15, 0.2) is 18.3 Å². The first-order chi connectivity index (χ1) is 13.7. The molecule has 0 saturated heterocycles. The minimum Gasteiger partial charge on any atom is -0.463 e. The zero-order valence-corrected chi connectivity index (χ0v) is 16.5. The summed E-state index contributed by atoms with van der Waals surface area (Å²) >= 11 is 0. The fraction of sp³-hybridized carbons (Fsp3) is 0.542. The summed E-state index contributed by atoms with van der Waals surface area (Å²) < 4.78 is 5.64. The molecule has 148 valence electrons. The smallest absolute Gasteiger partial charge is 0.275 e. The zero-order chi connectivity index (χ0) is 19.0. The third kappa shape index (κ3) is 3.62. The van der Waals surface area contributed by atoms with Crippen molar-refractivity contribution in [2.24, 2.45) is 23.2 Å². The Kier molecular flexibility index (Phi) is 4.75. The highest BCUT2D eigenvalue weighted by molar-refractivity contribution is 5.76. The monoisotopic (exact) mass is 379 g/mol. The molecule has 4 bridgehead atoms. The SMILES string of the molecule is O=C(C[NH2+][C@H](c1ccccc1)c1ccco1)NCC12CC3CC(CC(C3)C1)C2. The molecule has 6 rings (SSSR count). The molecule has 4 saturated carbocycles. The number of nitrogens with two attached hydrogens (primary N) is 1. The van der Waals surface area contributed by atoms with Gasteiger partial charge < -0.3 is 15.1 Å². The van der Waals surface area contributed by atoms with E-state index in [0.717, 1.165) is 35.6 Å². The highest BCUT2D eigenvalue weighted by atomic mass is 16.3. The second-order valence-electron chi connectivity index (χ2n) is 9.54. The Balaban J connectivity index is 1.19. The van der Waals surface area contributed by atoms with E-state index in [1.54, 1.807) is 6.26 Å². The Labute approximate surface area is 167 Å². The summed E-state index contributed by atoms with van der Waals surface area (Å²) in [6.07, 6.45) is 10.0.